The van der Waals surface area contributed by atoms with Crippen LogP contribution in [-0.2, 0) is 7.05 Å². The van der Waals surface area contributed by atoms with Crippen molar-refractivity contribution >= 4 is 11.4 Å². The van der Waals surface area contributed by atoms with Gasteiger partial charge in [-0.1, -0.05) is 6.07 Å². The minimum Gasteiger partial charge on any atom is -0.355 e. The highest BCUT2D eigenvalue weighted by Gasteiger charge is 2.11. The summed E-state index contributed by atoms with van der Waals surface area (Å²) in [5.41, 5.74) is 3.38. The molecule has 0 unspecified atom stereocenters. The van der Waals surface area contributed by atoms with Gasteiger partial charge in [-0.25, -0.2) is 4.52 Å². The Morgan fingerprint density at radius 1 is 1.16 bits per heavy atom. The number of aryl methyl sites for hydroxylation is 1. The van der Waals surface area contributed by atoms with Gasteiger partial charge < -0.3 is 5.32 Å². The molecule has 0 aliphatic heterocycles. The summed E-state index contributed by atoms with van der Waals surface area (Å²) in [6, 6.07) is 3.85. The maximum atomic E-state index is 11.7. The molecule has 0 fully saturated rings. The van der Waals surface area contributed by atoms with Crippen LogP contribution in [0.15, 0.2) is 36.9 Å². The van der Waals surface area contributed by atoms with Gasteiger partial charge in [-0.05, 0) is 6.07 Å². The molecule has 0 bridgehead atoms. The van der Waals surface area contributed by atoms with Crippen molar-refractivity contribution in [3.05, 3.63) is 42.5 Å². The summed E-state index contributed by atoms with van der Waals surface area (Å²) in [4.78, 5) is 11.7. The standard InChI is InChI=1S/C13H13N5O/c1-14-13(19)11-6-16-18-8-9(3-4-12(11)18)10-5-15-17(2)7-10/h3-8H,1-2H3,(H,14,19). The van der Waals surface area contributed by atoms with Crippen molar-refractivity contribution in [2.75, 3.05) is 7.05 Å². The first-order valence-electron chi connectivity index (χ1n) is 5.87. The fraction of sp³-hybridized carbons (Fsp3) is 0.154. The molecule has 19 heavy (non-hydrogen) atoms. The third kappa shape index (κ3) is 1.87. The Hall–Kier alpha value is -2.63. The predicted molar refractivity (Wildman–Crippen MR) is 70.8 cm³/mol. The SMILES string of the molecule is CNC(=O)c1cnn2cc(-c3cnn(C)c3)ccc12. The summed E-state index contributed by atoms with van der Waals surface area (Å²) in [5, 5.41) is 11.0. The van der Waals surface area contributed by atoms with Crippen molar-refractivity contribution in [1.29, 1.82) is 0 Å². The van der Waals surface area contributed by atoms with Gasteiger partial charge in [0.1, 0.15) is 0 Å². The van der Waals surface area contributed by atoms with E-state index in [2.05, 4.69) is 15.5 Å². The van der Waals surface area contributed by atoms with Crippen molar-refractivity contribution in [2.45, 2.75) is 0 Å². The topological polar surface area (TPSA) is 64.2 Å². The van der Waals surface area contributed by atoms with Crippen LogP contribution >= 0.6 is 0 Å². The Labute approximate surface area is 109 Å². The molecule has 0 saturated heterocycles. The number of carbonyl (C=O) groups is 1. The van der Waals surface area contributed by atoms with Crippen LogP contribution in [0.3, 0.4) is 0 Å². The van der Waals surface area contributed by atoms with Crippen LogP contribution in [0, 0.1) is 0 Å². The third-order valence-corrected chi connectivity index (χ3v) is 3.03. The number of amides is 1. The Kier molecular flexibility index (Phi) is 2.56. The van der Waals surface area contributed by atoms with E-state index in [0.29, 0.717) is 5.56 Å². The maximum absolute atomic E-state index is 11.7. The molecule has 0 radical (unpaired) electrons. The lowest BCUT2D eigenvalue weighted by Crippen LogP contribution is -2.17. The number of rotatable bonds is 2. The molecule has 0 atom stereocenters. The molecule has 1 amide bonds. The molecule has 3 aromatic rings. The number of hydrogen-bond acceptors (Lipinski definition) is 3. The Balaban J connectivity index is 2.10. The first kappa shape index (κ1) is 11.5. The van der Waals surface area contributed by atoms with E-state index in [0.717, 1.165) is 16.6 Å². The fourth-order valence-corrected chi connectivity index (χ4v) is 2.03. The van der Waals surface area contributed by atoms with Crippen molar-refractivity contribution in [2.24, 2.45) is 7.05 Å². The van der Waals surface area contributed by atoms with Crippen LogP contribution in [-0.4, -0.2) is 32.3 Å². The molecule has 3 aromatic heterocycles. The smallest absolute Gasteiger partial charge is 0.254 e. The lowest BCUT2D eigenvalue weighted by Gasteiger charge is -2.00. The highest BCUT2D eigenvalue weighted by Crippen LogP contribution is 2.20. The van der Waals surface area contributed by atoms with Crippen LogP contribution in [0.1, 0.15) is 10.4 Å². The van der Waals surface area contributed by atoms with E-state index in [1.807, 2.05) is 31.6 Å². The van der Waals surface area contributed by atoms with Gasteiger partial charge in [0.2, 0.25) is 0 Å². The molecule has 0 aliphatic carbocycles. The normalized spacial score (nSPS) is 10.8. The first-order chi connectivity index (χ1) is 9.19. The molecule has 3 rings (SSSR count). The van der Waals surface area contributed by atoms with E-state index >= 15 is 0 Å². The zero-order chi connectivity index (χ0) is 13.4. The summed E-state index contributed by atoms with van der Waals surface area (Å²) in [5.74, 6) is -0.135. The zero-order valence-electron chi connectivity index (χ0n) is 10.7. The zero-order valence-corrected chi connectivity index (χ0v) is 10.7. The number of aromatic nitrogens is 4. The number of fused-ring (bicyclic) bond motifs is 1. The minimum atomic E-state index is -0.135. The number of carbonyl (C=O) groups excluding carboxylic acids is 1. The van der Waals surface area contributed by atoms with Crippen LogP contribution in [0.5, 0.6) is 0 Å². The van der Waals surface area contributed by atoms with Crippen LogP contribution in [0.2, 0.25) is 0 Å². The molecule has 0 saturated carbocycles. The first-order valence-corrected chi connectivity index (χ1v) is 5.87. The molecule has 1 N–H and O–H groups in total. The molecule has 6 heteroatoms. The Bertz CT molecular complexity index is 755. The summed E-state index contributed by atoms with van der Waals surface area (Å²) < 4.78 is 3.45. The molecular weight excluding hydrogens is 242 g/mol. The largest absolute Gasteiger partial charge is 0.355 e. The van der Waals surface area contributed by atoms with Crippen molar-refractivity contribution in [3.63, 3.8) is 0 Å². The van der Waals surface area contributed by atoms with E-state index in [-0.39, 0.29) is 5.91 Å². The van der Waals surface area contributed by atoms with Gasteiger partial charge in [-0.15, -0.1) is 0 Å². The predicted octanol–water partition coefficient (Wildman–Crippen LogP) is 1.09. The van der Waals surface area contributed by atoms with Crippen molar-refractivity contribution in [1.82, 2.24) is 24.7 Å². The quantitative estimate of drug-likeness (QED) is 0.745. The third-order valence-electron chi connectivity index (χ3n) is 3.03. The Morgan fingerprint density at radius 2 is 2.00 bits per heavy atom. The highest BCUT2D eigenvalue weighted by molar-refractivity contribution is 6.00. The van der Waals surface area contributed by atoms with Gasteiger partial charge in [0.25, 0.3) is 5.91 Å². The molecular formula is C13H13N5O. The van der Waals surface area contributed by atoms with Gasteiger partial charge in [0.15, 0.2) is 0 Å². The van der Waals surface area contributed by atoms with E-state index in [4.69, 9.17) is 0 Å². The maximum Gasteiger partial charge on any atom is 0.254 e. The molecule has 96 valence electrons. The van der Waals surface area contributed by atoms with Crippen molar-refractivity contribution in [3.8, 4) is 11.1 Å². The van der Waals surface area contributed by atoms with E-state index in [1.54, 1.807) is 28.6 Å². The monoisotopic (exact) mass is 255 g/mol. The van der Waals surface area contributed by atoms with E-state index in [1.165, 1.54) is 0 Å². The number of pyridine rings is 1. The minimum absolute atomic E-state index is 0.135. The van der Waals surface area contributed by atoms with Gasteiger partial charge >= 0.3 is 0 Å². The second-order valence-electron chi connectivity index (χ2n) is 4.29. The lowest BCUT2D eigenvalue weighted by molar-refractivity contribution is 0.0964. The summed E-state index contributed by atoms with van der Waals surface area (Å²) in [6.45, 7) is 0. The molecule has 0 aliphatic rings. The highest BCUT2D eigenvalue weighted by atomic mass is 16.1. The van der Waals surface area contributed by atoms with E-state index < -0.39 is 0 Å². The molecule has 0 aromatic carbocycles. The average Bonchev–Trinajstić information content (AvgIpc) is 3.03. The fourth-order valence-electron chi connectivity index (χ4n) is 2.03. The Morgan fingerprint density at radius 3 is 2.68 bits per heavy atom. The molecule has 6 nitrogen and oxygen atoms in total. The van der Waals surface area contributed by atoms with Crippen LogP contribution in [0.4, 0.5) is 0 Å². The number of hydrogen-bond donors (Lipinski definition) is 1. The van der Waals surface area contributed by atoms with E-state index in [9.17, 15) is 4.79 Å². The van der Waals surface area contributed by atoms with Gasteiger partial charge in [0, 0.05) is 37.6 Å². The molecule has 3 heterocycles. The lowest BCUT2D eigenvalue weighted by atomic mass is 10.1. The van der Waals surface area contributed by atoms with Crippen LogP contribution < -0.4 is 5.32 Å². The van der Waals surface area contributed by atoms with Gasteiger partial charge in [-0.2, -0.15) is 10.2 Å². The summed E-state index contributed by atoms with van der Waals surface area (Å²) in [7, 11) is 3.48. The number of nitrogens with zero attached hydrogens (tertiary/aromatic N) is 4. The average molecular weight is 255 g/mol. The van der Waals surface area contributed by atoms with Crippen LogP contribution in [0.25, 0.3) is 16.6 Å². The van der Waals surface area contributed by atoms with Crippen molar-refractivity contribution < 1.29 is 4.79 Å². The summed E-state index contributed by atoms with van der Waals surface area (Å²) >= 11 is 0. The second-order valence-corrected chi connectivity index (χ2v) is 4.29. The second kappa shape index (κ2) is 4.24. The summed E-state index contributed by atoms with van der Waals surface area (Å²) in [6.07, 6.45) is 7.19. The van der Waals surface area contributed by atoms with Gasteiger partial charge in [0.05, 0.1) is 23.5 Å². The van der Waals surface area contributed by atoms with Gasteiger partial charge in [-0.3, -0.25) is 9.48 Å². The molecule has 0 spiro atoms. The number of nitrogens with one attached hydrogen (secondary N) is 1.